The van der Waals surface area contributed by atoms with Crippen molar-refractivity contribution in [3.8, 4) is 0 Å². The third-order valence-electron chi connectivity index (χ3n) is 3.66. The van der Waals surface area contributed by atoms with Gasteiger partial charge in [0, 0.05) is 11.0 Å². The molecule has 0 unspecified atom stereocenters. The zero-order chi connectivity index (χ0) is 18.1. The molecule has 2 aromatic rings. The van der Waals surface area contributed by atoms with Gasteiger partial charge < -0.3 is 10.0 Å². The lowest BCUT2D eigenvalue weighted by Crippen LogP contribution is -2.34. The van der Waals surface area contributed by atoms with E-state index in [1.165, 1.54) is 0 Å². The van der Waals surface area contributed by atoms with Gasteiger partial charge in [0.2, 0.25) is 0 Å². The molecule has 4 nitrogen and oxygen atoms in total. The molecule has 128 valence electrons. The molecule has 0 saturated heterocycles. The SMILES string of the molecule is Cc1ccc2c(c1)N(Cc1ccc(Cl)c(Cl)c1)C(=O)/C(=C/C(=O)O)S2. The molecule has 0 bridgehead atoms. The Morgan fingerprint density at radius 2 is 1.96 bits per heavy atom. The van der Waals surface area contributed by atoms with E-state index in [4.69, 9.17) is 28.3 Å². The Hall–Kier alpha value is -1.95. The number of thioether (sulfide) groups is 1. The zero-order valence-corrected chi connectivity index (χ0v) is 15.5. The van der Waals surface area contributed by atoms with E-state index in [0.717, 1.165) is 39.5 Å². The second-order valence-electron chi connectivity index (χ2n) is 5.56. The van der Waals surface area contributed by atoms with Crippen molar-refractivity contribution in [2.45, 2.75) is 18.4 Å². The van der Waals surface area contributed by atoms with Gasteiger partial charge in [-0.05, 0) is 42.3 Å². The van der Waals surface area contributed by atoms with Crippen LogP contribution in [0, 0.1) is 6.92 Å². The number of carboxylic acids is 1. The standard InChI is InChI=1S/C18H13Cl2NO3S/c1-10-2-5-15-14(6-10)21(18(24)16(25-15)8-17(22)23)9-11-3-4-12(19)13(20)7-11/h2-8H,9H2,1H3,(H,22,23)/b16-8-. The normalized spacial score (nSPS) is 15.4. The highest BCUT2D eigenvalue weighted by molar-refractivity contribution is 8.04. The first-order valence-corrected chi connectivity index (χ1v) is 8.91. The van der Waals surface area contributed by atoms with Crippen LogP contribution in [-0.2, 0) is 16.1 Å². The Kier molecular flexibility index (Phi) is 5.08. The summed E-state index contributed by atoms with van der Waals surface area (Å²) in [7, 11) is 0. The molecule has 1 heterocycles. The van der Waals surface area contributed by atoms with Crippen LogP contribution in [0.3, 0.4) is 0 Å². The minimum Gasteiger partial charge on any atom is -0.478 e. The monoisotopic (exact) mass is 393 g/mol. The summed E-state index contributed by atoms with van der Waals surface area (Å²) in [6.07, 6.45) is 0.942. The molecule has 0 saturated carbocycles. The van der Waals surface area contributed by atoms with Gasteiger partial charge in [-0.3, -0.25) is 4.79 Å². The van der Waals surface area contributed by atoms with Gasteiger partial charge in [0.05, 0.1) is 27.2 Å². The van der Waals surface area contributed by atoms with Crippen molar-refractivity contribution in [1.29, 1.82) is 0 Å². The fourth-order valence-electron chi connectivity index (χ4n) is 2.51. The zero-order valence-electron chi connectivity index (χ0n) is 13.1. The summed E-state index contributed by atoms with van der Waals surface area (Å²) in [6, 6.07) is 10.9. The molecule has 1 N–H and O–H groups in total. The van der Waals surface area contributed by atoms with Gasteiger partial charge in [-0.1, -0.05) is 47.1 Å². The largest absolute Gasteiger partial charge is 0.478 e. The number of nitrogens with zero attached hydrogens (tertiary/aromatic N) is 1. The molecule has 1 amide bonds. The number of rotatable bonds is 3. The number of fused-ring (bicyclic) bond motifs is 1. The molecular weight excluding hydrogens is 381 g/mol. The Labute approximate surface area is 159 Å². The Balaban J connectivity index is 2.05. The van der Waals surface area contributed by atoms with E-state index in [1.54, 1.807) is 23.1 Å². The van der Waals surface area contributed by atoms with Gasteiger partial charge in [0.25, 0.3) is 5.91 Å². The van der Waals surface area contributed by atoms with Crippen molar-refractivity contribution in [3.63, 3.8) is 0 Å². The number of amides is 1. The topological polar surface area (TPSA) is 57.6 Å². The van der Waals surface area contributed by atoms with Crippen molar-refractivity contribution in [2.75, 3.05) is 4.90 Å². The van der Waals surface area contributed by atoms with Crippen molar-refractivity contribution in [1.82, 2.24) is 0 Å². The van der Waals surface area contributed by atoms with Crippen LogP contribution in [0.1, 0.15) is 11.1 Å². The van der Waals surface area contributed by atoms with Crippen LogP contribution in [0.2, 0.25) is 10.0 Å². The van der Waals surface area contributed by atoms with Crippen molar-refractivity contribution >= 4 is 52.5 Å². The number of carbonyl (C=O) groups is 2. The van der Waals surface area contributed by atoms with Crippen LogP contribution in [0.25, 0.3) is 0 Å². The van der Waals surface area contributed by atoms with Crippen molar-refractivity contribution < 1.29 is 14.7 Å². The maximum atomic E-state index is 12.8. The molecule has 0 spiro atoms. The fraction of sp³-hybridized carbons (Fsp3) is 0.111. The Morgan fingerprint density at radius 3 is 2.64 bits per heavy atom. The lowest BCUT2D eigenvalue weighted by Gasteiger charge is -2.30. The molecule has 25 heavy (non-hydrogen) atoms. The highest BCUT2D eigenvalue weighted by Gasteiger charge is 2.30. The van der Waals surface area contributed by atoms with Crippen LogP contribution in [0.5, 0.6) is 0 Å². The predicted octanol–water partition coefficient (Wildman–Crippen LogP) is 4.91. The maximum Gasteiger partial charge on any atom is 0.329 e. The molecule has 0 aromatic heterocycles. The molecular formula is C18H13Cl2NO3S. The average Bonchev–Trinajstić information content (AvgIpc) is 2.55. The summed E-state index contributed by atoms with van der Waals surface area (Å²) >= 11 is 13.2. The molecule has 3 rings (SSSR count). The van der Waals surface area contributed by atoms with Gasteiger partial charge in [-0.2, -0.15) is 0 Å². The van der Waals surface area contributed by atoms with E-state index in [9.17, 15) is 9.59 Å². The molecule has 0 aliphatic carbocycles. The smallest absolute Gasteiger partial charge is 0.329 e. The van der Waals surface area contributed by atoms with E-state index >= 15 is 0 Å². The number of carboxylic acid groups (broad SMARTS) is 1. The quantitative estimate of drug-likeness (QED) is 0.752. The number of hydrogen-bond donors (Lipinski definition) is 1. The Morgan fingerprint density at radius 1 is 1.20 bits per heavy atom. The minimum atomic E-state index is -1.15. The van der Waals surface area contributed by atoms with Crippen LogP contribution in [-0.4, -0.2) is 17.0 Å². The lowest BCUT2D eigenvalue weighted by molar-refractivity contribution is -0.131. The van der Waals surface area contributed by atoms with Crippen LogP contribution in [0.15, 0.2) is 52.3 Å². The fourth-order valence-corrected chi connectivity index (χ4v) is 3.83. The summed E-state index contributed by atoms with van der Waals surface area (Å²) in [5.74, 6) is -1.50. The number of halogens is 2. The van der Waals surface area contributed by atoms with E-state index in [0.29, 0.717) is 10.0 Å². The van der Waals surface area contributed by atoms with E-state index in [1.807, 2.05) is 25.1 Å². The summed E-state index contributed by atoms with van der Waals surface area (Å²) in [5.41, 5.74) is 2.57. The second kappa shape index (κ2) is 7.12. The molecule has 1 aliphatic rings. The summed E-state index contributed by atoms with van der Waals surface area (Å²) in [6.45, 7) is 2.21. The first-order chi connectivity index (χ1) is 11.8. The number of carbonyl (C=O) groups excluding carboxylic acids is 1. The molecule has 0 radical (unpaired) electrons. The number of benzene rings is 2. The molecule has 7 heteroatoms. The first kappa shape index (κ1) is 17.9. The molecule has 0 atom stereocenters. The number of aliphatic carboxylic acids is 1. The van der Waals surface area contributed by atoms with Gasteiger partial charge in [0.1, 0.15) is 0 Å². The van der Waals surface area contributed by atoms with Crippen LogP contribution < -0.4 is 4.90 Å². The predicted molar refractivity (Wildman–Crippen MR) is 100 cm³/mol. The number of anilines is 1. The van der Waals surface area contributed by atoms with Gasteiger partial charge in [-0.15, -0.1) is 0 Å². The number of hydrogen-bond acceptors (Lipinski definition) is 3. The van der Waals surface area contributed by atoms with Crippen molar-refractivity contribution in [3.05, 3.63) is 68.6 Å². The molecule has 1 aliphatic heterocycles. The Bertz CT molecular complexity index is 911. The van der Waals surface area contributed by atoms with Gasteiger partial charge in [-0.25, -0.2) is 4.79 Å². The highest BCUT2D eigenvalue weighted by atomic mass is 35.5. The third-order valence-corrected chi connectivity index (χ3v) is 5.48. The molecule has 2 aromatic carbocycles. The maximum absolute atomic E-state index is 12.8. The minimum absolute atomic E-state index is 0.170. The summed E-state index contributed by atoms with van der Waals surface area (Å²) < 4.78 is 0. The number of aryl methyl sites for hydroxylation is 1. The lowest BCUT2D eigenvalue weighted by atomic mass is 10.1. The average molecular weight is 394 g/mol. The van der Waals surface area contributed by atoms with Gasteiger partial charge in [0.15, 0.2) is 0 Å². The highest BCUT2D eigenvalue weighted by Crippen LogP contribution is 2.42. The second-order valence-corrected chi connectivity index (χ2v) is 7.46. The summed E-state index contributed by atoms with van der Waals surface area (Å²) in [4.78, 5) is 26.4. The first-order valence-electron chi connectivity index (χ1n) is 7.34. The molecule has 0 fully saturated rings. The van der Waals surface area contributed by atoms with E-state index in [2.05, 4.69) is 0 Å². The van der Waals surface area contributed by atoms with Gasteiger partial charge >= 0.3 is 5.97 Å². The van der Waals surface area contributed by atoms with Crippen LogP contribution >= 0.6 is 35.0 Å². The van der Waals surface area contributed by atoms with Crippen molar-refractivity contribution in [2.24, 2.45) is 0 Å². The summed E-state index contributed by atoms with van der Waals surface area (Å²) in [5, 5.41) is 9.87. The third kappa shape index (κ3) is 3.84. The van der Waals surface area contributed by atoms with E-state index < -0.39 is 5.97 Å². The van der Waals surface area contributed by atoms with E-state index in [-0.39, 0.29) is 17.4 Å². The van der Waals surface area contributed by atoms with Crippen LogP contribution in [0.4, 0.5) is 5.69 Å².